The Kier molecular flexibility index (Phi) is 7.34. The van der Waals surface area contributed by atoms with E-state index < -0.39 is 6.10 Å². The fraction of sp³-hybridized carbons (Fsp3) is 0.909. The van der Waals surface area contributed by atoms with Gasteiger partial charge in [-0.05, 0) is 12.3 Å². The minimum Gasteiger partial charge on any atom is -0.457 e. The molecular weight excluding hydrogens is 196 g/mol. The fourth-order valence-corrected chi connectivity index (χ4v) is 1.42. The lowest BCUT2D eigenvalue weighted by atomic mass is 9.91. The summed E-state index contributed by atoms with van der Waals surface area (Å²) in [4.78, 5) is 11.7. The number of rotatable bonds is 7. The summed E-state index contributed by atoms with van der Waals surface area (Å²) in [5, 5.41) is 17.6. The number of aliphatic hydroxyl groups is 2. The maximum absolute atomic E-state index is 11.7. The maximum atomic E-state index is 11.7. The predicted molar refractivity (Wildman–Crippen MR) is 57.3 cm³/mol. The zero-order valence-corrected chi connectivity index (χ0v) is 9.77. The molecule has 0 saturated heterocycles. The fourth-order valence-electron chi connectivity index (χ4n) is 1.42. The van der Waals surface area contributed by atoms with E-state index in [4.69, 9.17) is 14.9 Å². The molecule has 0 aliphatic rings. The molecule has 0 amide bonds. The van der Waals surface area contributed by atoms with Crippen LogP contribution >= 0.6 is 0 Å². The highest BCUT2D eigenvalue weighted by molar-refractivity contribution is 5.72. The highest BCUT2D eigenvalue weighted by Crippen LogP contribution is 2.19. The molecular formula is C11H22O4. The summed E-state index contributed by atoms with van der Waals surface area (Å²) >= 11 is 0. The van der Waals surface area contributed by atoms with Crippen LogP contribution in [0.25, 0.3) is 0 Å². The SMILES string of the molecule is CCCC(C(=O)OC(CO)CO)C(C)C. The van der Waals surface area contributed by atoms with E-state index in [1.807, 2.05) is 20.8 Å². The molecule has 1 atom stereocenters. The van der Waals surface area contributed by atoms with Gasteiger partial charge < -0.3 is 14.9 Å². The third-order valence-electron chi connectivity index (χ3n) is 2.40. The van der Waals surface area contributed by atoms with Crippen molar-refractivity contribution in [2.24, 2.45) is 11.8 Å². The van der Waals surface area contributed by atoms with Gasteiger partial charge >= 0.3 is 5.97 Å². The van der Waals surface area contributed by atoms with Crippen molar-refractivity contribution in [1.29, 1.82) is 0 Å². The van der Waals surface area contributed by atoms with Gasteiger partial charge in [0.1, 0.15) is 6.10 Å². The molecule has 0 aliphatic heterocycles. The molecule has 15 heavy (non-hydrogen) atoms. The van der Waals surface area contributed by atoms with Gasteiger partial charge in [0, 0.05) is 0 Å². The van der Waals surface area contributed by atoms with Gasteiger partial charge in [-0.2, -0.15) is 0 Å². The number of hydrogen-bond donors (Lipinski definition) is 2. The van der Waals surface area contributed by atoms with Gasteiger partial charge in [0.25, 0.3) is 0 Å². The largest absolute Gasteiger partial charge is 0.457 e. The first-order valence-corrected chi connectivity index (χ1v) is 5.48. The van der Waals surface area contributed by atoms with Crippen LogP contribution in [0.4, 0.5) is 0 Å². The summed E-state index contributed by atoms with van der Waals surface area (Å²) in [6.45, 7) is 5.28. The zero-order valence-electron chi connectivity index (χ0n) is 9.77. The number of aliphatic hydroxyl groups excluding tert-OH is 2. The van der Waals surface area contributed by atoms with Crippen LogP contribution < -0.4 is 0 Å². The van der Waals surface area contributed by atoms with Crippen molar-refractivity contribution < 1.29 is 19.7 Å². The molecule has 0 aromatic heterocycles. The molecule has 0 saturated carbocycles. The number of hydrogen-bond acceptors (Lipinski definition) is 4. The van der Waals surface area contributed by atoms with Crippen LogP contribution in [0.2, 0.25) is 0 Å². The second kappa shape index (κ2) is 7.65. The Morgan fingerprint density at radius 1 is 1.27 bits per heavy atom. The van der Waals surface area contributed by atoms with Crippen molar-refractivity contribution in [1.82, 2.24) is 0 Å². The smallest absolute Gasteiger partial charge is 0.309 e. The molecule has 0 aromatic rings. The van der Waals surface area contributed by atoms with Crippen molar-refractivity contribution in [2.45, 2.75) is 39.7 Å². The molecule has 0 aliphatic carbocycles. The Morgan fingerprint density at radius 3 is 2.13 bits per heavy atom. The van der Waals surface area contributed by atoms with Crippen molar-refractivity contribution in [3.8, 4) is 0 Å². The Hall–Kier alpha value is -0.610. The first-order valence-electron chi connectivity index (χ1n) is 5.48. The molecule has 0 heterocycles. The molecule has 0 fully saturated rings. The van der Waals surface area contributed by atoms with E-state index in [1.54, 1.807) is 0 Å². The highest BCUT2D eigenvalue weighted by Gasteiger charge is 2.25. The lowest BCUT2D eigenvalue weighted by Crippen LogP contribution is -2.31. The molecule has 0 aromatic carbocycles. The summed E-state index contributed by atoms with van der Waals surface area (Å²) in [6.07, 6.45) is 0.914. The van der Waals surface area contributed by atoms with Crippen molar-refractivity contribution in [3.63, 3.8) is 0 Å². The Morgan fingerprint density at radius 2 is 1.80 bits per heavy atom. The first kappa shape index (κ1) is 14.4. The number of esters is 1. The summed E-state index contributed by atoms with van der Waals surface area (Å²) in [6, 6.07) is 0. The van der Waals surface area contributed by atoms with E-state index in [0.717, 1.165) is 12.8 Å². The number of carbonyl (C=O) groups excluding carboxylic acids is 1. The molecule has 2 N–H and O–H groups in total. The van der Waals surface area contributed by atoms with Crippen LogP contribution in [0.5, 0.6) is 0 Å². The zero-order chi connectivity index (χ0) is 11.8. The van der Waals surface area contributed by atoms with Crippen LogP contribution in [0, 0.1) is 11.8 Å². The Balaban J connectivity index is 4.24. The second-order valence-electron chi connectivity index (χ2n) is 4.06. The predicted octanol–water partition coefficient (Wildman–Crippen LogP) is 0.955. The van der Waals surface area contributed by atoms with Gasteiger partial charge in [0.05, 0.1) is 19.1 Å². The molecule has 1 unspecified atom stereocenters. The monoisotopic (exact) mass is 218 g/mol. The van der Waals surface area contributed by atoms with Crippen LogP contribution in [0.1, 0.15) is 33.6 Å². The second-order valence-corrected chi connectivity index (χ2v) is 4.06. The number of ether oxygens (including phenoxy) is 1. The average molecular weight is 218 g/mol. The third kappa shape index (κ3) is 5.14. The minimum absolute atomic E-state index is 0.143. The van der Waals surface area contributed by atoms with E-state index in [1.165, 1.54) is 0 Å². The average Bonchev–Trinajstić information content (AvgIpc) is 2.21. The van der Waals surface area contributed by atoms with Crippen molar-refractivity contribution in [3.05, 3.63) is 0 Å². The quantitative estimate of drug-likeness (QED) is 0.624. The van der Waals surface area contributed by atoms with Gasteiger partial charge in [-0.1, -0.05) is 27.2 Å². The standard InChI is InChI=1S/C11H22O4/c1-4-5-10(8(2)3)11(14)15-9(6-12)7-13/h8-10,12-13H,4-7H2,1-3H3. The van der Waals surface area contributed by atoms with Gasteiger partial charge in [0.15, 0.2) is 0 Å². The molecule has 0 bridgehead atoms. The van der Waals surface area contributed by atoms with Crippen LogP contribution in [-0.2, 0) is 9.53 Å². The highest BCUT2D eigenvalue weighted by atomic mass is 16.6. The van der Waals surface area contributed by atoms with E-state index in [0.29, 0.717) is 0 Å². The molecule has 0 spiro atoms. The molecule has 0 rings (SSSR count). The van der Waals surface area contributed by atoms with Gasteiger partial charge in [0.2, 0.25) is 0 Å². The third-order valence-corrected chi connectivity index (χ3v) is 2.40. The molecule has 90 valence electrons. The van der Waals surface area contributed by atoms with Gasteiger partial charge in [-0.3, -0.25) is 4.79 Å². The minimum atomic E-state index is -0.782. The van der Waals surface area contributed by atoms with Gasteiger partial charge in [-0.25, -0.2) is 0 Å². The van der Waals surface area contributed by atoms with Crippen LogP contribution in [0.15, 0.2) is 0 Å². The Bertz CT molecular complexity index is 175. The summed E-state index contributed by atoms with van der Waals surface area (Å²) in [5.41, 5.74) is 0. The normalized spacial score (nSPS) is 13.3. The van der Waals surface area contributed by atoms with Crippen LogP contribution in [0.3, 0.4) is 0 Å². The Labute approximate surface area is 91.3 Å². The van der Waals surface area contributed by atoms with E-state index in [-0.39, 0.29) is 31.0 Å². The van der Waals surface area contributed by atoms with Crippen molar-refractivity contribution >= 4 is 5.97 Å². The van der Waals surface area contributed by atoms with Crippen LogP contribution in [-0.4, -0.2) is 35.5 Å². The lowest BCUT2D eigenvalue weighted by Gasteiger charge is -2.21. The molecule has 4 nitrogen and oxygen atoms in total. The topological polar surface area (TPSA) is 66.8 Å². The maximum Gasteiger partial charge on any atom is 0.309 e. The van der Waals surface area contributed by atoms with Gasteiger partial charge in [-0.15, -0.1) is 0 Å². The summed E-state index contributed by atoms with van der Waals surface area (Å²) in [7, 11) is 0. The molecule has 0 radical (unpaired) electrons. The number of carbonyl (C=O) groups is 1. The van der Waals surface area contributed by atoms with Crippen molar-refractivity contribution in [2.75, 3.05) is 13.2 Å². The lowest BCUT2D eigenvalue weighted by molar-refractivity contribution is -0.160. The summed E-state index contributed by atoms with van der Waals surface area (Å²) < 4.78 is 4.99. The van der Waals surface area contributed by atoms with E-state index in [9.17, 15) is 4.79 Å². The molecule has 4 heteroatoms. The van der Waals surface area contributed by atoms with E-state index in [2.05, 4.69) is 0 Å². The first-order chi connectivity index (χ1) is 7.06. The van der Waals surface area contributed by atoms with E-state index >= 15 is 0 Å². The summed E-state index contributed by atoms with van der Waals surface area (Å²) in [5.74, 6) is -0.244.